The van der Waals surface area contributed by atoms with Crippen LogP contribution < -0.4 is 0 Å². The van der Waals surface area contributed by atoms with Crippen LogP contribution in [0.1, 0.15) is 22.3 Å². The van der Waals surface area contributed by atoms with Crippen LogP contribution in [0.2, 0.25) is 0 Å². The Morgan fingerprint density at radius 1 is 0.373 bits per heavy atom. The predicted octanol–water partition coefficient (Wildman–Crippen LogP) is 12.5. The third kappa shape index (κ3) is 3.20. The Bertz CT molecular complexity index is 2890. The molecular formula is C57H43OP. The maximum Gasteiger partial charge on any atom is 0.110 e. The van der Waals surface area contributed by atoms with E-state index < -0.39 is 18.0 Å². The highest BCUT2D eigenvalue weighted by atomic mass is 31.2. The van der Waals surface area contributed by atoms with Gasteiger partial charge in [-0.25, -0.2) is 0 Å². The summed E-state index contributed by atoms with van der Waals surface area (Å²) in [4.78, 5) is 0. The summed E-state index contributed by atoms with van der Waals surface area (Å²) in [5, 5.41) is 0. The first-order chi connectivity index (χ1) is 29.2. The molecule has 59 heavy (non-hydrogen) atoms. The second-order valence-electron chi connectivity index (χ2n) is 19.2. The molecule has 0 bridgehead atoms. The normalized spacial score (nSPS) is 39.2. The van der Waals surface area contributed by atoms with Crippen LogP contribution >= 0.6 is 7.14 Å². The number of benzene rings is 4. The first-order valence-corrected chi connectivity index (χ1v) is 23.9. The van der Waals surface area contributed by atoms with Gasteiger partial charge < -0.3 is 4.57 Å². The molecule has 4 fully saturated rings. The van der Waals surface area contributed by atoms with Crippen molar-refractivity contribution in [3.05, 3.63) is 239 Å². The summed E-state index contributed by atoms with van der Waals surface area (Å²) in [5.41, 5.74) is 13.7. The van der Waals surface area contributed by atoms with Gasteiger partial charge in [0.15, 0.2) is 0 Å². The summed E-state index contributed by atoms with van der Waals surface area (Å²) in [7, 11) is -3.19. The van der Waals surface area contributed by atoms with Crippen molar-refractivity contribution >= 4 is 7.14 Å². The number of allylic oxidation sites excluding steroid dienone is 20. The minimum atomic E-state index is -3.19. The number of hydrogen-bond donors (Lipinski definition) is 0. The lowest BCUT2D eigenvalue weighted by molar-refractivity contribution is 0.117. The van der Waals surface area contributed by atoms with Crippen LogP contribution in [0.15, 0.2) is 217 Å². The van der Waals surface area contributed by atoms with Crippen molar-refractivity contribution in [1.82, 2.24) is 0 Å². The van der Waals surface area contributed by atoms with Crippen molar-refractivity contribution < 1.29 is 4.57 Å². The van der Waals surface area contributed by atoms with Gasteiger partial charge in [0.05, 0.1) is 5.41 Å². The van der Waals surface area contributed by atoms with Gasteiger partial charge in [-0.3, -0.25) is 0 Å². The molecule has 282 valence electrons. The summed E-state index contributed by atoms with van der Waals surface area (Å²) in [6, 6.07) is 37.1. The van der Waals surface area contributed by atoms with E-state index in [0.717, 1.165) is 0 Å². The van der Waals surface area contributed by atoms with E-state index in [1.54, 1.807) is 0 Å². The van der Waals surface area contributed by atoms with Crippen molar-refractivity contribution in [3.8, 4) is 22.3 Å². The molecule has 0 amide bonds. The lowest BCUT2D eigenvalue weighted by atomic mass is 9.47. The molecule has 8 aliphatic carbocycles. The van der Waals surface area contributed by atoms with Gasteiger partial charge in [0.1, 0.15) is 7.14 Å². The minimum Gasteiger partial charge on any atom is -0.322 e. The molecule has 11 aliphatic rings. The summed E-state index contributed by atoms with van der Waals surface area (Å²) in [5.74, 6) is 1.47. The third-order valence-electron chi connectivity index (χ3n) is 17.9. The van der Waals surface area contributed by atoms with Gasteiger partial charge in [0, 0.05) is 45.6 Å². The van der Waals surface area contributed by atoms with E-state index in [0.29, 0.717) is 11.8 Å². The Labute approximate surface area is 346 Å². The van der Waals surface area contributed by atoms with Gasteiger partial charge in [0.2, 0.25) is 0 Å². The Kier molecular flexibility index (Phi) is 5.83. The highest BCUT2D eigenvalue weighted by molar-refractivity contribution is 7.67. The van der Waals surface area contributed by atoms with Crippen LogP contribution in [-0.4, -0.2) is 17.0 Å². The molecule has 1 nitrogen and oxygen atoms in total. The van der Waals surface area contributed by atoms with Gasteiger partial charge in [-0.1, -0.05) is 206 Å². The second kappa shape index (κ2) is 10.6. The first kappa shape index (κ1) is 32.4. The second-order valence-corrected chi connectivity index (χ2v) is 22.4. The van der Waals surface area contributed by atoms with Crippen LogP contribution in [0.4, 0.5) is 0 Å². The van der Waals surface area contributed by atoms with E-state index in [2.05, 4.69) is 200 Å². The monoisotopic (exact) mass is 774 g/mol. The molecule has 4 aromatic rings. The molecule has 0 aromatic heterocycles. The zero-order chi connectivity index (χ0) is 38.5. The lowest BCUT2D eigenvalue weighted by Gasteiger charge is -2.72. The quantitative estimate of drug-likeness (QED) is 0.163. The molecule has 3 saturated heterocycles. The van der Waals surface area contributed by atoms with Gasteiger partial charge in [-0.15, -0.1) is 0 Å². The molecule has 0 radical (unpaired) electrons. The van der Waals surface area contributed by atoms with Crippen molar-refractivity contribution in [2.75, 3.05) is 0 Å². The van der Waals surface area contributed by atoms with E-state index in [9.17, 15) is 0 Å². The van der Waals surface area contributed by atoms with Crippen molar-refractivity contribution in [2.24, 2.45) is 46.8 Å². The Morgan fingerprint density at radius 3 is 1.27 bits per heavy atom. The van der Waals surface area contributed by atoms with Crippen LogP contribution in [0.5, 0.6) is 0 Å². The van der Waals surface area contributed by atoms with E-state index in [1.165, 1.54) is 61.2 Å². The van der Waals surface area contributed by atoms with Crippen LogP contribution in [0.3, 0.4) is 0 Å². The molecule has 2 heteroatoms. The average molecular weight is 775 g/mol. The molecule has 3 heterocycles. The zero-order valence-electron chi connectivity index (χ0n) is 32.7. The SMILES string of the molecule is O=P12C3C4=CC=CC3C3(c5ccccc5-c5ccccc53)C3C=CC=C(C31)C1(C3C=CC=CC3C3C=CC=CC31)C1C=CC=C(C12)C41c2ccccc2-c2ccccc21. The molecule has 11 atom stereocenters. The van der Waals surface area contributed by atoms with Crippen LogP contribution in [0, 0.1) is 46.8 Å². The Hall–Kier alpha value is -5.49. The average Bonchev–Trinajstić information content (AvgIpc) is 3.88. The summed E-state index contributed by atoms with van der Waals surface area (Å²) >= 11 is 0. The van der Waals surface area contributed by atoms with Gasteiger partial charge in [-0.2, -0.15) is 0 Å². The summed E-state index contributed by atoms with van der Waals surface area (Å²) in [6.45, 7) is 0. The molecule has 0 N–H and O–H groups in total. The van der Waals surface area contributed by atoms with Gasteiger partial charge >= 0.3 is 0 Å². The molecular weight excluding hydrogens is 732 g/mol. The summed E-state index contributed by atoms with van der Waals surface area (Å²) < 4.78 is 18.3. The topological polar surface area (TPSA) is 17.1 Å². The molecule has 4 aromatic carbocycles. The zero-order valence-corrected chi connectivity index (χ0v) is 33.6. The number of fused-ring (bicyclic) bond motifs is 21. The molecule has 15 rings (SSSR count). The lowest BCUT2D eigenvalue weighted by Crippen LogP contribution is -2.68. The van der Waals surface area contributed by atoms with E-state index in [-0.39, 0.29) is 52.0 Å². The molecule has 3 spiro atoms. The Balaban J connectivity index is 1.13. The standard InChI is InChI=1S/C57H43OP/c58-59-52-46-28-13-30-48(52)56(42-24-9-3-18-36(42)37-19-4-10-25-43(37)56)50-32-15-33-51(54(50)59)57(44-26-11-5-20-38(44)39-21-6-12-27-45(39)57)49-31-14-29-47(53(49)59)55(46)40-22-7-1-16-34(40)35-17-2-8-23-41(35)55/h1-35,40-41,46,49,51-54H. The van der Waals surface area contributed by atoms with Gasteiger partial charge in [-0.05, 0) is 79.3 Å². The summed E-state index contributed by atoms with van der Waals surface area (Å²) in [6.07, 6.45) is 41.8. The third-order valence-corrected chi connectivity index (χ3v) is 22.3. The van der Waals surface area contributed by atoms with E-state index in [1.807, 2.05) is 0 Å². The van der Waals surface area contributed by atoms with Crippen LogP contribution in [-0.2, 0) is 15.4 Å². The Morgan fingerprint density at radius 2 is 0.746 bits per heavy atom. The van der Waals surface area contributed by atoms with Gasteiger partial charge in [0.25, 0.3) is 0 Å². The number of hydrogen-bond acceptors (Lipinski definition) is 1. The highest BCUT2D eigenvalue weighted by Crippen LogP contribution is 2.90. The van der Waals surface area contributed by atoms with Crippen molar-refractivity contribution in [3.63, 3.8) is 0 Å². The fourth-order valence-electron chi connectivity index (χ4n) is 16.7. The maximum absolute atomic E-state index is 18.3. The van der Waals surface area contributed by atoms with E-state index >= 15 is 4.57 Å². The smallest absolute Gasteiger partial charge is 0.110 e. The fourth-order valence-corrected chi connectivity index (χ4v) is 22.5. The fraction of sp³-hybridized carbons (Fsp3) is 0.228. The minimum absolute atomic E-state index is 0.0152. The van der Waals surface area contributed by atoms with Crippen molar-refractivity contribution in [1.29, 1.82) is 0 Å². The first-order valence-electron chi connectivity index (χ1n) is 22.0. The maximum atomic E-state index is 18.3. The van der Waals surface area contributed by atoms with Crippen LogP contribution in [0.25, 0.3) is 22.3 Å². The largest absolute Gasteiger partial charge is 0.322 e. The van der Waals surface area contributed by atoms with Crippen molar-refractivity contribution in [2.45, 2.75) is 27.8 Å². The molecule has 1 saturated carbocycles. The predicted molar refractivity (Wildman–Crippen MR) is 239 cm³/mol. The highest BCUT2D eigenvalue weighted by Gasteiger charge is 2.81. The molecule has 3 aliphatic heterocycles. The molecule has 11 unspecified atom stereocenters. The van der Waals surface area contributed by atoms with E-state index in [4.69, 9.17) is 0 Å². The number of rotatable bonds is 0.